The summed E-state index contributed by atoms with van der Waals surface area (Å²) in [6, 6.07) is 4.83. The SMILES string of the molecule is Cc1n[nH]c(C)c1/C(O)=C1\C(=O)C(=O)N(CCN2CCOCC2)[C@H]1c1ccc(F)cc1. The van der Waals surface area contributed by atoms with Gasteiger partial charge >= 0.3 is 0 Å². The number of amides is 1. The number of ketones is 1. The van der Waals surface area contributed by atoms with Crippen molar-refractivity contribution in [2.75, 3.05) is 39.4 Å². The molecular formula is C22H25FN4O4. The number of likely N-dealkylation sites (tertiary alicyclic amines) is 1. The van der Waals surface area contributed by atoms with Crippen LogP contribution in [0.5, 0.6) is 0 Å². The van der Waals surface area contributed by atoms with Crippen molar-refractivity contribution in [3.05, 3.63) is 58.2 Å². The monoisotopic (exact) mass is 428 g/mol. The highest BCUT2D eigenvalue weighted by Crippen LogP contribution is 2.40. The molecule has 9 heteroatoms. The standard InChI is InChI=1S/C22H25FN4O4/c1-13-17(14(2)25-24-13)20(28)18-19(15-3-5-16(23)6-4-15)27(22(30)21(18)29)8-7-26-9-11-31-12-10-26/h3-6,19,28H,7-12H2,1-2H3,(H,24,25)/b20-18+/t19-/m0/s1. The van der Waals surface area contributed by atoms with Gasteiger partial charge in [0, 0.05) is 31.9 Å². The second kappa shape index (κ2) is 8.60. The Balaban J connectivity index is 1.75. The fourth-order valence-electron chi connectivity index (χ4n) is 4.21. The lowest BCUT2D eigenvalue weighted by molar-refractivity contribution is -0.140. The van der Waals surface area contributed by atoms with Crippen LogP contribution in [-0.4, -0.2) is 76.2 Å². The molecule has 4 rings (SSSR count). The van der Waals surface area contributed by atoms with Crippen molar-refractivity contribution in [2.24, 2.45) is 0 Å². The van der Waals surface area contributed by atoms with E-state index in [0.717, 1.165) is 13.1 Å². The lowest BCUT2D eigenvalue weighted by atomic mass is 9.94. The molecule has 2 aliphatic heterocycles. The van der Waals surface area contributed by atoms with Crippen molar-refractivity contribution >= 4 is 17.4 Å². The number of aromatic nitrogens is 2. The zero-order valence-corrected chi connectivity index (χ0v) is 17.5. The third kappa shape index (κ3) is 3.98. The number of aliphatic hydroxyl groups is 1. The van der Waals surface area contributed by atoms with Crippen LogP contribution < -0.4 is 0 Å². The van der Waals surface area contributed by atoms with Crippen molar-refractivity contribution < 1.29 is 23.8 Å². The molecule has 0 radical (unpaired) electrons. The highest BCUT2D eigenvalue weighted by Gasteiger charge is 2.46. The number of Topliss-reactive ketones (excluding diaryl/α,β-unsaturated/α-hetero) is 1. The van der Waals surface area contributed by atoms with E-state index in [4.69, 9.17) is 4.74 Å². The molecule has 2 saturated heterocycles. The highest BCUT2D eigenvalue weighted by atomic mass is 19.1. The zero-order chi connectivity index (χ0) is 22.1. The predicted octanol–water partition coefficient (Wildman–Crippen LogP) is 1.92. The molecular weight excluding hydrogens is 403 g/mol. The number of aryl methyl sites for hydroxylation is 2. The summed E-state index contributed by atoms with van der Waals surface area (Å²) in [5.74, 6) is -2.13. The summed E-state index contributed by atoms with van der Waals surface area (Å²) < 4.78 is 18.9. The fraction of sp³-hybridized carbons (Fsp3) is 0.409. The summed E-state index contributed by atoms with van der Waals surface area (Å²) in [7, 11) is 0. The molecule has 1 aromatic heterocycles. The van der Waals surface area contributed by atoms with Gasteiger partial charge in [0.15, 0.2) is 0 Å². The molecule has 164 valence electrons. The molecule has 8 nitrogen and oxygen atoms in total. The second-order valence-corrected chi connectivity index (χ2v) is 7.81. The van der Waals surface area contributed by atoms with Gasteiger partial charge in [-0.1, -0.05) is 12.1 Å². The van der Waals surface area contributed by atoms with Crippen molar-refractivity contribution in [1.82, 2.24) is 20.0 Å². The van der Waals surface area contributed by atoms with Gasteiger partial charge in [0.2, 0.25) is 0 Å². The van der Waals surface area contributed by atoms with Crippen molar-refractivity contribution in [1.29, 1.82) is 0 Å². The maximum absolute atomic E-state index is 13.6. The number of aromatic amines is 1. The van der Waals surface area contributed by atoms with E-state index in [2.05, 4.69) is 15.1 Å². The van der Waals surface area contributed by atoms with Crippen molar-refractivity contribution in [3.8, 4) is 0 Å². The molecule has 3 heterocycles. The number of hydrogen-bond acceptors (Lipinski definition) is 6. The van der Waals surface area contributed by atoms with Crippen LogP contribution in [0.3, 0.4) is 0 Å². The molecule has 1 aromatic carbocycles. The second-order valence-electron chi connectivity index (χ2n) is 7.81. The van der Waals surface area contributed by atoms with Gasteiger partial charge in [-0.05, 0) is 31.5 Å². The van der Waals surface area contributed by atoms with Gasteiger partial charge in [-0.2, -0.15) is 5.10 Å². The Morgan fingerprint density at radius 1 is 1.19 bits per heavy atom. The average molecular weight is 428 g/mol. The molecule has 2 aliphatic rings. The van der Waals surface area contributed by atoms with Gasteiger partial charge in [-0.3, -0.25) is 19.6 Å². The third-order valence-electron chi connectivity index (χ3n) is 5.85. The smallest absolute Gasteiger partial charge is 0.295 e. The van der Waals surface area contributed by atoms with Crippen molar-refractivity contribution in [3.63, 3.8) is 0 Å². The summed E-state index contributed by atoms with van der Waals surface area (Å²) >= 11 is 0. The molecule has 0 bridgehead atoms. The number of H-pyrrole nitrogens is 1. The first-order chi connectivity index (χ1) is 14.9. The molecule has 2 fully saturated rings. The summed E-state index contributed by atoms with van der Waals surface area (Å²) in [4.78, 5) is 29.6. The van der Waals surface area contributed by atoms with Crippen LogP contribution >= 0.6 is 0 Å². The van der Waals surface area contributed by atoms with E-state index < -0.39 is 23.5 Å². The molecule has 0 aliphatic carbocycles. The van der Waals surface area contributed by atoms with Gasteiger partial charge in [0.05, 0.1) is 36.1 Å². The first-order valence-electron chi connectivity index (χ1n) is 10.2. The third-order valence-corrected chi connectivity index (χ3v) is 5.85. The molecule has 2 N–H and O–H groups in total. The van der Waals surface area contributed by atoms with E-state index in [-0.39, 0.29) is 11.3 Å². The van der Waals surface area contributed by atoms with Crippen LogP contribution in [0.15, 0.2) is 29.8 Å². The molecule has 0 saturated carbocycles. The Bertz CT molecular complexity index is 1010. The summed E-state index contributed by atoms with van der Waals surface area (Å²) in [6.45, 7) is 7.05. The van der Waals surface area contributed by atoms with Crippen LogP contribution in [0.1, 0.15) is 28.6 Å². The highest BCUT2D eigenvalue weighted by molar-refractivity contribution is 6.46. The maximum Gasteiger partial charge on any atom is 0.295 e. The molecule has 31 heavy (non-hydrogen) atoms. The Morgan fingerprint density at radius 2 is 1.87 bits per heavy atom. The van der Waals surface area contributed by atoms with Crippen LogP contribution in [-0.2, 0) is 14.3 Å². The zero-order valence-electron chi connectivity index (χ0n) is 17.5. The van der Waals surface area contributed by atoms with E-state index in [0.29, 0.717) is 48.8 Å². The number of nitrogens with zero attached hydrogens (tertiary/aromatic N) is 3. The minimum Gasteiger partial charge on any atom is -0.507 e. The Morgan fingerprint density at radius 3 is 2.48 bits per heavy atom. The number of nitrogens with one attached hydrogen (secondary N) is 1. The Kier molecular flexibility index (Phi) is 5.88. The Hall–Kier alpha value is -3.04. The van der Waals surface area contributed by atoms with Crippen molar-refractivity contribution in [2.45, 2.75) is 19.9 Å². The number of rotatable bonds is 5. The largest absolute Gasteiger partial charge is 0.507 e. The minimum atomic E-state index is -0.810. The lowest BCUT2D eigenvalue weighted by Crippen LogP contribution is -2.42. The normalized spacial score (nSPS) is 21.8. The summed E-state index contributed by atoms with van der Waals surface area (Å²) in [6.07, 6.45) is 0. The van der Waals surface area contributed by atoms with E-state index in [1.807, 2.05) is 0 Å². The first-order valence-corrected chi connectivity index (χ1v) is 10.2. The van der Waals surface area contributed by atoms with Gasteiger partial charge in [-0.15, -0.1) is 0 Å². The number of carbonyl (C=O) groups is 2. The molecule has 1 atom stereocenters. The maximum atomic E-state index is 13.6. The van der Waals surface area contributed by atoms with Gasteiger partial charge < -0.3 is 14.7 Å². The number of carbonyl (C=O) groups excluding carboxylic acids is 2. The number of benzene rings is 1. The number of halogens is 1. The number of hydrogen-bond donors (Lipinski definition) is 2. The molecule has 1 amide bonds. The molecule has 0 unspecified atom stereocenters. The first kappa shape index (κ1) is 21.2. The topological polar surface area (TPSA) is 98.8 Å². The van der Waals surface area contributed by atoms with E-state index >= 15 is 0 Å². The predicted molar refractivity (Wildman–Crippen MR) is 111 cm³/mol. The van der Waals surface area contributed by atoms with Crippen LogP contribution in [0.2, 0.25) is 0 Å². The minimum absolute atomic E-state index is 0.00816. The fourth-order valence-corrected chi connectivity index (χ4v) is 4.21. The van der Waals surface area contributed by atoms with Crippen LogP contribution in [0, 0.1) is 19.7 Å². The molecule has 0 spiro atoms. The van der Waals surface area contributed by atoms with Gasteiger partial charge in [-0.25, -0.2) is 4.39 Å². The summed E-state index contributed by atoms with van der Waals surface area (Å²) in [5, 5.41) is 18.0. The van der Waals surface area contributed by atoms with Gasteiger partial charge in [0.25, 0.3) is 11.7 Å². The number of ether oxygens (including phenoxy) is 1. The lowest BCUT2D eigenvalue weighted by Gasteiger charge is -2.31. The average Bonchev–Trinajstić information content (AvgIpc) is 3.23. The Labute approximate surface area is 179 Å². The van der Waals surface area contributed by atoms with E-state index in [9.17, 15) is 19.1 Å². The van der Waals surface area contributed by atoms with Crippen LogP contribution in [0.25, 0.3) is 5.76 Å². The van der Waals surface area contributed by atoms with E-state index in [1.165, 1.54) is 29.2 Å². The number of morpholine rings is 1. The summed E-state index contributed by atoms with van der Waals surface area (Å²) in [5.41, 5.74) is 2.06. The quantitative estimate of drug-likeness (QED) is 0.429. The van der Waals surface area contributed by atoms with E-state index in [1.54, 1.807) is 13.8 Å². The number of aliphatic hydroxyl groups excluding tert-OH is 1. The van der Waals surface area contributed by atoms with Crippen LogP contribution in [0.4, 0.5) is 4.39 Å². The molecule has 2 aromatic rings. The van der Waals surface area contributed by atoms with Gasteiger partial charge in [0.1, 0.15) is 11.6 Å².